The van der Waals surface area contributed by atoms with Crippen LogP contribution in [0.5, 0.6) is 17.2 Å². The zero-order valence-electron chi connectivity index (χ0n) is 15.6. The van der Waals surface area contributed by atoms with Gasteiger partial charge in [0.2, 0.25) is 0 Å². The minimum atomic E-state index is -0.252. The lowest BCUT2D eigenvalue weighted by atomic mass is 9.57. The van der Waals surface area contributed by atoms with Gasteiger partial charge in [0.25, 0.3) is 0 Å². The molecule has 0 fully saturated rings. The van der Waals surface area contributed by atoms with E-state index in [1.807, 2.05) is 36.4 Å². The molecule has 0 unspecified atom stereocenters. The van der Waals surface area contributed by atoms with E-state index in [-0.39, 0.29) is 28.1 Å². The third-order valence-electron chi connectivity index (χ3n) is 6.33. The molecule has 4 rings (SSSR count). The van der Waals surface area contributed by atoms with Crippen LogP contribution in [0.3, 0.4) is 0 Å². The van der Waals surface area contributed by atoms with Crippen LogP contribution in [0.2, 0.25) is 0 Å². The van der Waals surface area contributed by atoms with E-state index in [1.54, 1.807) is 30.3 Å². The standard InChI is InChI=1S/C24H24O3/c1-23(16-3-7-18(25)8-4-16)13-14-24(2,17-5-9-19(26)10-6-17)22-15-20(27)11-12-21(22)23/h3-12,15,25-27H,13-14H2,1-2H3/t23-,24+/m1/s1. The molecule has 0 saturated carbocycles. The van der Waals surface area contributed by atoms with Crippen LogP contribution in [0.15, 0.2) is 66.7 Å². The van der Waals surface area contributed by atoms with Crippen LogP contribution in [-0.2, 0) is 10.8 Å². The van der Waals surface area contributed by atoms with E-state index >= 15 is 0 Å². The van der Waals surface area contributed by atoms with Gasteiger partial charge < -0.3 is 15.3 Å². The zero-order valence-corrected chi connectivity index (χ0v) is 15.6. The number of fused-ring (bicyclic) bond motifs is 1. The number of hydrogen-bond acceptors (Lipinski definition) is 3. The summed E-state index contributed by atoms with van der Waals surface area (Å²) in [5.74, 6) is 0.773. The first-order chi connectivity index (χ1) is 12.8. The van der Waals surface area contributed by atoms with Gasteiger partial charge in [-0.2, -0.15) is 0 Å². The molecule has 3 aromatic rings. The van der Waals surface area contributed by atoms with Crippen LogP contribution in [0, 0.1) is 0 Å². The summed E-state index contributed by atoms with van der Waals surface area (Å²) in [6, 6.07) is 20.4. The van der Waals surface area contributed by atoms with Crippen molar-refractivity contribution in [2.45, 2.75) is 37.5 Å². The van der Waals surface area contributed by atoms with Gasteiger partial charge in [-0.1, -0.05) is 44.2 Å². The highest BCUT2D eigenvalue weighted by Crippen LogP contribution is 2.52. The quantitative estimate of drug-likeness (QED) is 0.588. The molecule has 0 saturated heterocycles. The van der Waals surface area contributed by atoms with Crippen LogP contribution >= 0.6 is 0 Å². The molecule has 3 nitrogen and oxygen atoms in total. The number of aromatic hydroxyl groups is 3. The van der Waals surface area contributed by atoms with Crippen molar-refractivity contribution in [3.63, 3.8) is 0 Å². The molecular formula is C24H24O3. The lowest BCUT2D eigenvalue weighted by Crippen LogP contribution is -2.38. The Morgan fingerprint density at radius 3 is 1.44 bits per heavy atom. The summed E-state index contributed by atoms with van der Waals surface area (Å²) in [6.45, 7) is 4.43. The topological polar surface area (TPSA) is 60.7 Å². The molecule has 0 bridgehead atoms. The van der Waals surface area contributed by atoms with E-state index in [0.29, 0.717) is 0 Å². The highest BCUT2D eigenvalue weighted by Gasteiger charge is 2.44. The molecule has 1 aliphatic carbocycles. The molecule has 3 aromatic carbocycles. The summed E-state index contributed by atoms with van der Waals surface area (Å²) in [5.41, 5.74) is 4.12. The average molecular weight is 360 g/mol. The fourth-order valence-electron chi connectivity index (χ4n) is 4.50. The van der Waals surface area contributed by atoms with Gasteiger partial charge in [0.05, 0.1) is 0 Å². The molecule has 0 spiro atoms. The molecule has 0 aromatic heterocycles. The van der Waals surface area contributed by atoms with Crippen molar-refractivity contribution in [2.75, 3.05) is 0 Å². The van der Waals surface area contributed by atoms with Crippen molar-refractivity contribution in [1.29, 1.82) is 0 Å². The van der Waals surface area contributed by atoms with E-state index in [9.17, 15) is 15.3 Å². The second-order valence-corrected chi connectivity index (χ2v) is 7.99. The summed E-state index contributed by atoms with van der Waals surface area (Å²) in [5, 5.41) is 29.6. The largest absolute Gasteiger partial charge is 0.508 e. The summed E-state index contributed by atoms with van der Waals surface area (Å²) in [4.78, 5) is 0. The third kappa shape index (κ3) is 2.74. The highest BCUT2D eigenvalue weighted by molar-refractivity contribution is 5.55. The van der Waals surface area contributed by atoms with Crippen LogP contribution in [0.4, 0.5) is 0 Å². The minimum Gasteiger partial charge on any atom is -0.508 e. The lowest BCUT2D eigenvalue weighted by molar-refractivity contribution is 0.365. The SMILES string of the molecule is C[C@@]1(c2ccc(O)cc2)CC[C@](C)(c2ccc(O)cc2)c2ccc(O)cc21. The first-order valence-electron chi connectivity index (χ1n) is 9.26. The van der Waals surface area contributed by atoms with Gasteiger partial charge in [0.15, 0.2) is 0 Å². The van der Waals surface area contributed by atoms with Crippen molar-refractivity contribution in [2.24, 2.45) is 0 Å². The molecule has 2 atom stereocenters. The van der Waals surface area contributed by atoms with Crippen molar-refractivity contribution in [3.8, 4) is 17.2 Å². The van der Waals surface area contributed by atoms with E-state index in [1.165, 1.54) is 5.56 Å². The molecule has 0 aliphatic heterocycles. The Hall–Kier alpha value is -2.94. The molecule has 3 heteroatoms. The monoisotopic (exact) mass is 360 g/mol. The summed E-state index contributed by atoms with van der Waals surface area (Å²) < 4.78 is 0. The van der Waals surface area contributed by atoms with Crippen molar-refractivity contribution in [1.82, 2.24) is 0 Å². The first kappa shape index (κ1) is 17.5. The first-order valence-corrected chi connectivity index (χ1v) is 9.26. The predicted octanol–water partition coefficient (Wildman–Crippen LogP) is 5.21. The van der Waals surface area contributed by atoms with E-state index in [2.05, 4.69) is 13.8 Å². The number of phenolic OH excluding ortho intramolecular Hbond substituents is 3. The van der Waals surface area contributed by atoms with Gasteiger partial charge >= 0.3 is 0 Å². The van der Waals surface area contributed by atoms with Gasteiger partial charge in [0.1, 0.15) is 17.2 Å². The lowest BCUT2D eigenvalue weighted by Gasteiger charge is -2.46. The molecule has 138 valence electrons. The minimum absolute atomic E-state index is 0.201. The second kappa shape index (κ2) is 6.05. The Balaban J connectivity index is 1.91. The molecular weight excluding hydrogens is 336 g/mol. The van der Waals surface area contributed by atoms with Gasteiger partial charge in [-0.05, 0) is 71.5 Å². The number of hydrogen-bond donors (Lipinski definition) is 3. The third-order valence-corrected chi connectivity index (χ3v) is 6.33. The van der Waals surface area contributed by atoms with E-state index in [4.69, 9.17) is 0 Å². The summed E-state index contributed by atoms with van der Waals surface area (Å²) in [6.07, 6.45) is 1.85. The number of rotatable bonds is 2. The van der Waals surface area contributed by atoms with Gasteiger partial charge in [0, 0.05) is 10.8 Å². The van der Waals surface area contributed by atoms with Gasteiger partial charge in [-0.25, -0.2) is 0 Å². The van der Waals surface area contributed by atoms with Crippen LogP contribution in [0.1, 0.15) is 48.9 Å². The van der Waals surface area contributed by atoms with Crippen LogP contribution in [0.25, 0.3) is 0 Å². The molecule has 3 N–H and O–H groups in total. The van der Waals surface area contributed by atoms with Crippen LogP contribution < -0.4 is 0 Å². The second-order valence-electron chi connectivity index (χ2n) is 7.99. The summed E-state index contributed by atoms with van der Waals surface area (Å²) in [7, 11) is 0. The van der Waals surface area contributed by atoms with E-state index in [0.717, 1.165) is 29.5 Å². The molecule has 0 amide bonds. The van der Waals surface area contributed by atoms with Crippen molar-refractivity contribution in [3.05, 3.63) is 89.0 Å². The fraction of sp³-hybridized carbons (Fsp3) is 0.250. The highest BCUT2D eigenvalue weighted by atomic mass is 16.3. The Morgan fingerprint density at radius 2 is 0.963 bits per heavy atom. The fourth-order valence-corrected chi connectivity index (χ4v) is 4.50. The predicted molar refractivity (Wildman–Crippen MR) is 106 cm³/mol. The maximum atomic E-state index is 10.2. The Kier molecular flexibility index (Phi) is 3.92. The molecule has 1 aliphatic rings. The Bertz CT molecular complexity index is 976. The van der Waals surface area contributed by atoms with Gasteiger partial charge in [-0.3, -0.25) is 0 Å². The van der Waals surface area contributed by atoms with Crippen LogP contribution in [-0.4, -0.2) is 15.3 Å². The maximum Gasteiger partial charge on any atom is 0.115 e. The molecule has 0 heterocycles. The van der Waals surface area contributed by atoms with Gasteiger partial charge in [-0.15, -0.1) is 0 Å². The molecule has 0 radical (unpaired) electrons. The maximum absolute atomic E-state index is 10.2. The van der Waals surface area contributed by atoms with Crippen molar-refractivity contribution >= 4 is 0 Å². The van der Waals surface area contributed by atoms with Crippen molar-refractivity contribution < 1.29 is 15.3 Å². The molecule has 27 heavy (non-hydrogen) atoms. The summed E-state index contributed by atoms with van der Waals surface area (Å²) >= 11 is 0. The Morgan fingerprint density at radius 1 is 0.556 bits per heavy atom. The zero-order chi connectivity index (χ0) is 19.2. The normalized spacial score (nSPS) is 24.4. The Labute approximate surface area is 159 Å². The number of benzene rings is 3. The number of phenols is 3. The average Bonchev–Trinajstić information content (AvgIpc) is 2.66. The smallest absolute Gasteiger partial charge is 0.115 e. The van der Waals surface area contributed by atoms with E-state index < -0.39 is 0 Å².